The Hall–Kier alpha value is -1.27. The van der Waals surface area contributed by atoms with Gasteiger partial charge in [-0.25, -0.2) is 4.98 Å². The van der Waals surface area contributed by atoms with Crippen molar-refractivity contribution in [2.45, 2.75) is 38.1 Å². The molecule has 1 saturated carbocycles. The van der Waals surface area contributed by atoms with Gasteiger partial charge in [-0.05, 0) is 18.8 Å². The third-order valence-electron chi connectivity index (χ3n) is 3.55. The molecule has 0 bridgehead atoms. The first kappa shape index (κ1) is 11.8. The summed E-state index contributed by atoms with van der Waals surface area (Å²) in [6.45, 7) is 0. The Balaban J connectivity index is 1.66. The van der Waals surface area contributed by atoms with Gasteiger partial charge in [-0.3, -0.25) is 0 Å². The highest BCUT2D eigenvalue weighted by molar-refractivity contribution is 7.07. The lowest BCUT2D eigenvalue weighted by molar-refractivity contribution is 0.341. The number of nitrogens with two attached hydrogens (primary N) is 1. The lowest BCUT2D eigenvalue weighted by Crippen LogP contribution is -2.30. The Kier molecular flexibility index (Phi) is 3.38. The maximum atomic E-state index is 6.20. The maximum absolute atomic E-state index is 6.20. The fourth-order valence-electron chi connectivity index (χ4n) is 2.52. The van der Waals surface area contributed by atoms with Gasteiger partial charge in [-0.2, -0.15) is 4.98 Å². The lowest BCUT2D eigenvalue weighted by Gasteiger charge is -2.16. The van der Waals surface area contributed by atoms with Crippen LogP contribution in [0.4, 0.5) is 0 Å². The molecule has 6 heteroatoms. The smallest absolute Gasteiger partial charge is 0.228 e. The van der Waals surface area contributed by atoms with Crippen molar-refractivity contribution in [3.05, 3.63) is 16.8 Å². The van der Waals surface area contributed by atoms with Crippen molar-refractivity contribution in [1.82, 2.24) is 15.1 Å². The molecule has 2 aromatic heterocycles. The van der Waals surface area contributed by atoms with Gasteiger partial charge in [0, 0.05) is 17.8 Å². The summed E-state index contributed by atoms with van der Waals surface area (Å²) in [6, 6.07) is 0.135. The maximum Gasteiger partial charge on any atom is 0.228 e. The first-order chi connectivity index (χ1) is 8.83. The van der Waals surface area contributed by atoms with Crippen molar-refractivity contribution in [1.29, 1.82) is 0 Å². The van der Waals surface area contributed by atoms with E-state index in [4.69, 9.17) is 10.3 Å². The Bertz CT molecular complexity index is 490. The van der Waals surface area contributed by atoms with Gasteiger partial charge in [-0.15, -0.1) is 11.3 Å². The Morgan fingerprint density at radius 3 is 3.00 bits per heavy atom. The van der Waals surface area contributed by atoms with Crippen LogP contribution in [0.15, 0.2) is 15.4 Å². The van der Waals surface area contributed by atoms with E-state index in [0.29, 0.717) is 24.1 Å². The number of rotatable bonds is 4. The second-order valence-corrected chi connectivity index (χ2v) is 5.52. The van der Waals surface area contributed by atoms with Crippen molar-refractivity contribution in [2.24, 2.45) is 11.7 Å². The number of nitrogens with zero attached hydrogens (tertiary/aromatic N) is 3. The number of thiazole rings is 1. The minimum atomic E-state index is 0.135. The minimum absolute atomic E-state index is 0.135. The van der Waals surface area contributed by atoms with Crippen LogP contribution in [0.1, 0.15) is 31.6 Å². The molecule has 5 nitrogen and oxygen atoms in total. The van der Waals surface area contributed by atoms with Gasteiger partial charge in [0.05, 0.1) is 5.51 Å². The molecule has 3 rings (SSSR count). The summed E-state index contributed by atoms with van der Waals surface area (Å²) in [4.78, 5) is 8.51. The van der Waals surface area contributed by atoms with E-state index < -0.39 is 0 Å². The largest absolute Gasteiger partial charge is 0.339 e. The summed E-state index contributed by atoms with van der Waals surface area (Å²) < 4.78 is 5.24. The first-order valence-corrected chi connectivity index (χ1v) is 7.24. The highest BCUT2D eigenvalue weighted by Crippen LogP contribution is 2.28. The van der Waals surface area contributed by atoms with Crippen LogP contribution in [0.25, 0.3) is 11.5 Å². The lowest BCUT2D eigenvalue weighted by atomic mass is 9.96. The molecule has 0 aromatic carbocycles. The van der Waals surface area contributed by atoms with E-state index in [-0.39, 0.29) is 6.04 Å². The molecule has 1 atom stereocenters. The number of aromatic nitrogens is 3. The van der Waals surface area contributed by atoms with Crippen LogP contribution in [0, 0.1) is 5.92 Å². The molecule has 96 valence electrons. The summed E-state index contributed by atoms with van der Waals surface area (Å²) in [5.41, 5.74) is 8.73. The van der Waals surface area contributed by atoms with Crippen molar-refractivity contribution < 1.29 is 4.52 Å². The summed E-state index contributed by atoms with van der Waals surface area (Å²) in [5, 5.41) is 5.85. The van der Waals surface area contributed by atoms with Gasteiger partial charge in [0.15, 0.2) is 0 Å². The zero-order valence-corrected chi connectivity index (χ0v) is 10.9. The second kappa shape index (κ2) is 5.16. The van der Waals surface area contributed by atoms with Crippen LogP contribution in [0.3, 0.4) is 0 Å². The Labute approximate surface area is 109 Å². The molecule has 2 heterocycles. The summed E-state index contributed by atoms with van der Waals surface area (Å²) in [6.07, 6.45) is 5.73. The molecule has 0 aliphatic heterocycles. The highest BCUT2D eigenvalue weighted by Gasteiger charge is 2.24. The highest BCUT2D eigenvalue weighted by atomic mass is 32.1. The van der Waals surface area contributed by atoms with Gasteiger partial charge >= 0.3 is 0 Å². The molecule has 1 aliphatic rings. The average molecular weight is 264 g/mol. The van der Waals surface area contributed by atoms with Crippen LogP contribution in [0.2, 0.25) is 0 Å². The fraction of sp³-hybridized carbons (Fsp3) is 0.583. The Morgan fingerprint density at radius 2 is 2.28 bits per heavy atom. The third kappa shape index (κ3) is 2.44. The quantitative estimate of drug-likeness (QED) is 0.916. The van der Waals surface area contributed by atoms with Crippen LogP contribution < -0.4 is 5.73 Å². The van der Waals surface area contributed by atoms with E-state index in [1.807, 2.05) is 5.38 Å². The Morgan fingerprint density at radius 1 is 1.44 bits per heavy atom. The molecular formula is C12H16N4OS. The standard InChI is InChI=1S/C12H16N4OS/c13-9(8-3-1-2-4-8)5-11-15-12(16-17-11)10-6-18-7-14-10/h6-9H,1-5,13H2. The van der Waals surface area contributed by atoms with Gasteiger partial charge in [0.2, 0.25) is 11.7 Å². The van der Waals surface area contributed by atoms with E-state index in [1.54, 1.807) is 5.51 Å². The van der Waals surface area contributed by atoms with Crippen molar-refractivity contribution in [2.75, 3.05) is 0 Å². The predicted molar refractivity (Wildman–Crippen MR) is 69.0 cm³/mol. The average Bonchev–Trinajstić information content (AvgIpc) is 3.12. The molecule has 1 unspecified atom stereocenters. The van der Waals surface area contributed by atoms with Crippen molar-refractivity contribution in [3.8, 4) is 11.5 Å². The normalized spacial score (nSPS) is 18.3. The molecule has 0 spiro atoms. The molecule has 0 radical (unpaired) electrons. The molecule has 18 heavy (non-hydrogen) atoms. The molecule has 1 fully saturated rings. The van der Waals surface area contributed by atoms with Crippen molar-refractivity contribution in [3.63, 3.8) is 0 Å². The van der Waals surface area contributed by atoms with E-state index in [1.165, 1.54) is 37.0 Å². The molecule has 2 aromatic rings. The summed E-state index contributed by atoms with van der Waals surface area (Å²) in [7, 11) is 0. The van der Waals surface area contributed by atoms with E-state index in [0.717, 1.165) is 5.69 Å². The topological polar surface area (TPSA) is 77.8 Å². The molecular weight excluding hydrogens is 248 g/mol. The molecule has 0 amide bonds. The van der Waals surface area contributed by atoms with Gasteiger partial charge < -0.3 is 10.3 Å². The molecule has 1 aliphatic carbocycles. The predicted octanol–water partition coefficient (Wildman–Crippen LogP) is 2.25. The van der Waals surface area contributed by atoms with Crippen LogP contribution in [-0.2, 0) is 6.42 Å². The minimum Gasteiger partial charge on any atom is -0.339 e. The summed E-state index contributed by atoms with van der Waals surface area (Å²) in [5.74, 6) is 1.79. The van der Waals surface area contributed by atoms with E-state index in [2.05, 4.69) is 15.1 Å². The van der Waals surface area contributed by atoms with Crippen LogP contribution in [-0.4, -0.2) is 21.2 Å². The zero-order valence-electron chi connectivity index (χ0n) is 10.1. The monoisotopic (exact) mass is 264 g/mol. The van der Waals surface area contributed by atoms with Crippen LogP contribution in [0.5, 0.6) is 0 Å². The SMILES string of the molecule is NC(Cc1nc(-c2cscn2)no1)C1CCCC1. The van der Waals surface area contributed by atoms with E-state index >= 15 is 0 Å². The van der Waals surface area contributed by atoms with Gasteiger partial charge in [0.1, 0.15) is 5.69 Å². The van der Waals surface area contributed by atoms with Gasteiger partial charge in [-0.1, -0.05) is 18.0 Å². The second-order valence-electron chi connectivity index (χ2n) is 4.80. The summed E-state index contributed by atoms with van der Waals surface area (Å²) >= 11 is 1.52. The fourth-order valence-corrected chi connectivity index (χ4v) is 3.05. The van der Waals surface area contributed by atoms with Gasteiger partial charge in [0.25, 0.3) is 0 Å². The third-order valence-corrected chi connectivity index (χ3v) is 4.13. The number of hydrogen-bond acceptors (Lipinski definition) is 6. The van der Waals surface area contributed by atoms with E-state index in [9.17, 15) is 0 Å². The number of hydrogen-bond donors (Lipinski definition) is 1. The van der Waals surface area contributed by atoms with Crippen molar-refractivity contribution >= 4 is 11.3 Å². The molecule has 0 saturated heterocycles. The van der Waals surface area contributed by atoms with Crippen LogP contribution >= 0.6 is 11.3 Å². The first-order valence-electron chi connectivity index (χ1n) is 6.29. The zero-order chi connectivity index (χ0) is 12.4. The molecule has 2 N–H and O–H groups in total.